The molecule has 0 radical (unpaired) electrons. The van der Waals surface area contributed by atoms with Crippen LogP contribution in [0.25, 0.3) is 0 Å². The maximum atomic E-state index is 12.9. The summed E-state index contributed by atoms with van der Waals surface area (Å²) >= 11 is 5.64. The van der Waals surface area contributed by atoms with Crippen LogP contribution in [-0.4, -0.2) is 73.4 Å². The third-order valence-corrected chi connectivity index (χ3v) is 7.01. The molecular weight excluding hydrogens is 440 g/mol. The van der Waals surface area contributed by atoms with E-state index in [2.05, 4.69) is 15.5 Å². The second kappa shape index (κ2) is 11.0. The first-order valence-electron chi connectivity index (χ1n) is 11.6. The number of piperidine rings is 1. The minimum atomic E-state index is -0.610. The first kappa shape index (κ1) is 25.1. The van der Waals surface area contributed by atoms with Crippen molar-refractivity contribution in [2.24, 2.45) is 11.3 Å². The van der Waals surface area contributed by atoms with Crippen LogP contribution in [0.4, 0.5) is 10.5 Å². The van der Waals surface area contributed by atoms with Gasteiger partial charge in [0, 0.05) is 37.9 Å². The molecule has 182 valence electrons. The molecular formula is C24H36N4O4S. The number of carbonyl (C=O) groups is 2. The lowest BCUT2D eigenvalue weighted by molar-refractivity contribution is -0.143. The lowest BCUT2D eigenvalue weighted by atomic mass is 9.78. The van der Waals surface area contributed by atoms with Crippen LogP contribution in [0.1, 0.15) is 39.5 Å². The molecule has 2 saturated heterocycles. The van der Waals surface area contributed by atoms with E-state index in [4.69, 9.17) is 21.7 Å². The van der Waals surface area contributed by atoms with Crippen LogP contribution in [0.5, 0.6) is 5.75 Å². The number of likely N-dealkylation sites (tertiary alicyclic amines) is 2. The van der Waals surface area contributed by atoms with Gasteiger partial charge in [0.2, 0.25) is 0 Å². The van der Waals surface area contributed by atoms with Gasteiger partial charge in [-0.25, -0.2) is 9.59 Å². The molecule has 0 bridgehead atoms. The Morgan fingerprint density at radius 3 is 2.39 bits per heavy atom. The largest absolute Gasteiger partial charge is 0.497 e. The van der Waals surface area contributed by atoms with Crippen LogP contribution in [0.15, 0.2) is 24.3 Å². The molecule has 33 heavy (non-hydrogen) atoms. The monoisotopic (exact) mass is 476 g/mol. The molecule has 0 aromatic heterocycles. The van der Waals surface area contributed by atoms with E-state index < -0.39 is 12.0 Å². The predicted octanol–water partition coefficient (Wildman–Crippen LogP) is 3.48. The first-order chi connectivity index (χ1) is 15.7. The van der Waals surface area contributed by atoms with Gasteiger partial charge in [0.25, 0.3) is 0 Å². The third kappa shape index (κ3) is 6.50. The van der Waals surface area contributed by atoms with Crippen LogP contribution >= 0.6 is 12.2 Å². The zero-order valence-corrected chi connectivity index (χ0v) is 20.9. The van der Waals surface area contributed by atoms with E-state index in [9.17, 15) is 9.59 Å². The summed E-state index contributed by atoms with van der Waals surface area (Å²) in [6, 6.07) is 6.93. The fourth-order valence-corrected chi connectivity index (χ4v) is 4.97. The molecule has 0 saturated carbocycles. The maximum Gasteiger partial charge on any atom is 0.328 e. The standard InChI is InChI=1S/C24H36N4O4S/c1-17(2)14-20(21(29)32-4)26-22(30)28-13-10-24(16-28)8-11-27(12-9-24)23(33)25-18-6-5-7-19(15-18)31-3/h5-7,15,17,20H,8-14,16H2,1-4H3,(H,25,33)(H,26,30). The van der Waals surface area contributed by atoms with Crippen molar-refractivity contribution in [2.75, 3.05) is 45.7 Å². The highest BCUT2D eigenvalue weighted by atomic mass is 32.1. The molecule has 2 aliphatic rings. The van der Waals surface area contributed by atoms with E-state index >= 15 is 0 Å². The number of benzene rings is 1. The summed E-state index contributed by atoms with van der Waals surface area (Å²) < 4.78 is 10.2. The Morgan fingerprint density at radius 1 is 1.12 bits per heavy atom. The number of nitrogens with zero attached hydrogens (tertiary/aromatic N) is 2. The minimum absolute atomic E-state index is 0.109. The number of anilines is 1. The SMILES string of the molecule is COC(=O)C(CC(C)C)NC(=O)N1CCC2(CCN(C(=S)Nc3cccc(OC)c3)CC2)C1. The minimum Gasteiger partial charge on any atom is -0.497 e. The van der Waals surface area contributed by atoms with E-state index in [1.807, 2.05) is 43.0 Å². The number of carbonyl (C=O) groups excluding carboxylic acids is 2. The summed E-state index contributed by atoms with van der Waals surface area (Å²) in [6.07, 6.45) is 3.48. The normalized spacial score (nSPS) is 18.2. The van der Waals surface area contributed by atoms with Crippen LogP contribution in [0.2, 0.25) is 0 Å². The molecule has 0 aliphatic carbocycles. The molecule has 1 unspecified atom stereocenters. The molecule has 9 heteroatoms. The Kier molecular flexibility index (Phi) is 8.40. The van der Waals surface area contributed by atoms with Crippen LogP contribution in [0.3, 0.4) is 0 Å². The molecule has 2 fully saturated rings. The Bertz CT molecular complexity index is 855. The van der Waals surface area contributed by atoms with Crippen LogP contribution in [0, 0.1) is 11.3 Å². The number of urea groups is 1. The summed E-state index contributed by atoms with van der Waals surface area (Å²) in [7, 11) is 3.00. The number of rotatable bonds is 6. The number of methoxy groups -OCH3 is 2. The fourth-order valence-electron chi connectivity index (χ4n) is 4.67. The molecule has 2 N–H and O–H groups in total. The van der Waals surface area contributed by atoms with Crippen molar-refractivity contribution in [2.45, 2.75) is 45.6 Å². The number of ether oxygens (including phenoxy) is 2. The fraction of sp³-hybridized carbons (Fsp3) is 0.625. The van der Waals surface area contributed by atoms with Crippen molar-refractivity contribution in [1.29, 1.82) is 0 Å². The Labute approximate surface area is 202 Å². The summed E-state index contributed by atoms with van der Waals surface area (Å²) in [6.45, 7) is 7.15. The van der Waals surface area contributed by atoms with Gasteiger partial charge in [-0.3, -0.25) is 0 Å². The first-order valence-corrected chi connectivity index (χ1v) is 12.0. The highest BCUT2D eigenvalue weighted by Crippen LogP contribution is 2.40. The number of hydrogen-bond acceptors (Lipinski definition) is 5. The van der Waals surface area contributed by atoms with Gasteiger partial charge in [0.15, 0.2) is 5.11 Å². The smallest absolute Gasteiger partial charge is 0.328 e. The second-order valence-electron chi connectivity index (χ2n) is 9.48. The number of hydrogen-bond donors (Lipinski definition) is 2. The molecule has 1 aromatic rings. The van der Waals surface area contributed by atoms with Gasteiger partial charge in [-0.1, -0.05) is 19.9 Å². The molecule has 3 rings (SSSR count). The van der Waals surface area contributed by atoms with E-state index in [-0.39, 0.29) is 17.4 Å². The quantitative estimate of drug-likeness (QED) is 0.480. The Balaban J connectivity index is 1.51. The highest BCUT2D eigenvalue weighted by molar-refractivity contribution is 7.80. The summed E-state index contributed by atoms with van der Waals surface area (Å²) in [5.74, 6) is 0.668. The van der Waals surface area contributed by atoms with E-state index in [0.29, 0.717) is 24.6 Å². The van der Waals surface area contributed by atoms with Gasteiger partial charge in [0.1, 0.15) is 11.8 Å². The summed E-state index contributed by atoms with van der Waals surface area (Å²) in [4.78, 5) is 29.0. The Hall–Kier alpha value is -2.55. The zero-order valence-electron chi connectivity index (χ0n) is 20.1. The van der Waals surface area contributed by atoms with Gasteiger partial charge in [-0.2, -0.15) is 0 Å². The predicted molar refractivity (Wildman–Crippen MR) is 132 cm³/mol. The average Bonchev–Trinajstić information content (AvgIpc) is 3.21. The second-order valence-corrected chi connectivity index (χ2v) is 9.86. The van der Waals surface area contributed by atoms with E-state index in [1.165, 1.54) is 7.11 Å². The molecule has 2 amide bonds. The lowest BCUT2D eigenvalue weighted by Crippen LogP contribution is -2.50. The van der Waals surface area contributed by atoms with E-state index in [1.54, 1.807) is 7.11 Å². The van der Waals surface area contributed by atoms with Gasteiger partial charge >= 0.3 is 12.0 Å². The van der Waals surface area contributed by atoms with Crippen molar-refractivity contribution >= 4 is 35.0 Å². The summed E-state index contributed by atoms with van der Waals surface area (Å²) in [5, 5.41) is 6.90. The topological polar surface area (TPSA) is 83.1 Å². The number of esters is 1. The maximum absolute atomic E-state index is 12.9. The van der Waals surface area contributed by atoms with Crippen molar-refractivity contribution < 1.29 is 19.1 Å². The summed E-state index contributed by atoms with van der Waals surface area (Å²) in [5.41, 5.74) is 1.02. The van der Waals surface area contributed by atoms with Gasteiger partial charge in [0.05, 0.1) is 14.2 Å². The highest BCUT2D eigenvalue weighted by Gasteiger charge is 2.43. The number of amides is 2. The van der Waals surface area contributed by atoms with Gasteiger partial charge in [-0.05, 0) is 61.4 Å². The van der Waals surface area contributed by atoms with Crippen LogP contribution < -0.4 is 15.4 Å². The average molecular weight is 477 g/mol. The third-order valence-electron chi connectivity index (χ3n) is 6.65. The molecule has 2 heterocycles. The Morgan fingerprint density at radius 2 is 1.79 bits per heavy atom. The lowest BCUT2D eigenvalue weighted by Gasteiger charge is -2.40. The van der Waals surface area contributed by atoms with Crippen molar-refractivity contribution in [3.05, 3.63) is 24.3 Å². The van der Waals surface area contributed by atoms with Gasteiger partial charge in [-0.15, -0.1) is 0 Å². The molecule has 8 nitrogen and oxygen atoms in total. The van der Waals surface area contributed by atoms with Crippen molar-refractivity contribution in [1.82, 2.24) is 15.1 Å². The van der Waals surface area contributed by atoms with Crippen molar-refractivity contribution in [3.63, 3.8) is 0 Å². The van der Waals surface area contributed by atoms with Crippen LogP contribution in [-0.2, 0) is 9.53 Å². The number of nitrogens with one attached hydrogen (secondary N) is 2. The van der Waals surface area contributed by atoms with E-state index in [0.717, 1.165) is 43.8 Å². The molecule has 1 aromatic carbocycles. The van der Waals surface area contributed by atoms with Gasteiger partial charge < -0.3 is 29.9 Å². The molecule has 2 aliphatic heterocycles. The molecule has 1 spiro atoms. The zero-order chi connectivity index (χ0) is 24.0. The van der Waals surface area contributed by atoms with Crippen molar-refractivity contribution in [3.8, 4) is 5.75 Å². The molecule has 1 atom stereocenters. The number of thiocarbonyl (C=S) groups is 1.